The number of benzene rings is 1. The van der Waals surface area contributed by atoms with Crippen LogP contribution in [-0.4, -0.2) is 28.6 Å². The normalized spacial score (nSPS) is 21.3. The molecule has 0 spiro atoms. The van der Waals surface area contributed by atoms with Crippen LogP contribution in [0.3, 0.4) is 0 Å². The molecule has 1 saturated heterocycles. The Bertz CT molecular complexity index is 809. The van der Waals surface area contributed by atoms with Crippen molar-refractivity contribution in [3.63, 3.8) is 0 Å². The zero-order valence-electron chi connectivity index (χ0n) is 12.4. The summed E-state index contributed by atoms with van der Waals surface area (Å²) in [6, 6.07) is 3.41. The maximum atomic E-state index is 14.3. The van der Waals surface area contributed by atoms with E-state index in [1.165, 1.54) is 0 Å². The van der Waals surface area contributed by atoms with Gasteiger partial charge in [-0.05, 0) is 59.4 Å². The summed E-state index contributed by atoms with van der Waals surface area (Å²) in [5.41, 5.74) is -0.153. The third kappa shape index (κ3) is 3.06. The lowest BCUT2D eigenvalue weighted by atomic mass is 9.91. The minimum absolute atomic E-state index is 0.00465. The average Bonchev–Trinajstić information content (AvgIpc) is 2.50. The first-order chi connectivity index (χ1) is 10.9. The van der Waals surface area contributed by atoms with Gasteiger partial charge in [0.2, 0.25) is 5.28 Å². The summed E-state index contributed by atoms with van der Waals surface area (Å²) in [5, 5.41) is 12.4. The van der Waals surface area contributed by atoms with Crippen molar-refractivity contribution in [1.29, 1.82) is 5.26 Å². The van der Waals surface area contributed by atoms with E-state index >= 15 is 0 Å². The Balaban J connectivity index is 2.09. The van der Waals surface area contributed by atoms with Crippen molar-refractivity contribution in [2.75, 3.05) is 18.0 Å². The molecule has 0 saturated carbocycles. The monoisotopic (exact) mass is 397 g/mol. The lowest BCUT2D eigenvalue weighted by Crippen LogP contribution is -2.53. The third-order valence-electron chi connectivity index (χ3n) is 4.07. The lowest BCUT2D eigenvalue weighted by molar-refractivity contribution is 0.331. The molecule has 1 atom stereocenters. The summed E-state index contributed by atoms with van der Waals surface area (Å²) < 4.78 is 14.7. The largest absolute Gasteiger partial charge is 0.354 e. The standard InChI is InChI=1S/C15H14BrClFN5/c1-15(20-8-19)5-2-6-23(7-15)13-9-3-4-10(16)11(18)12(9)21-14(17)22-13/h3-4,20H,2,5-7H2,1H3. The van der Waals surface area contributed by atoms with Crippen molar-refractivity contribution in [2.24, 2.45) is 0 Å². The van der Waals surface area contributed by atoms with Crippen LogP contribution in [0.2, 0.25) is 5.28 Å². The number of hydrogen-bond donors (Lipinski definition) is 1. The van der Waals surface area contributed by atoms with Crippen LogP contribution in [0.1, 0.15) is 19.8 Å². The Morgan fingerprint density at radius 3 is 3.00 bits per heavy atom. The molecule has 1 aliphatic heterocycles. The topological polar surface area (TPSA) is 64.8 Å². The number of rotatable bonds is 2. The number of halogens is 3. The molecule has 0 bridgehead atoms. The third-order valence-corrected chi connectivity index (χ3v) is 4.85. The Labute approximate surface area is 146 Å². The molecule has 1 N–H and O–H groups in total. The van der Waals surface area contributed by atoms with Gasteiger partial charge >= 0.3 is 0 Å². The molecule has 8 heteroatoms. The zero-order chi connectivity index (χ0) is 16.6. The maximum absolute atomic E-state index is 14.3. The van der Waals surface area contributed by atoms with Crippen LogP contribution in [0.15, 0.2) is 16.6 Å². The number of anilines is 1. The number of piperidine rings is 1. The highest BCUT2D eigenvalue weighted by Gasteiger charge is 2.32. The van der Waals surface area contributed by atoms with Gasteiger partial charge in [0, 0.05) is 18.5 Å². The molecule has 0 aliphatic carbocycles. The average molecular weight is 399 g/mol. The van der Waals surface area contributed by atoms with Crippen molar-refractivity contribution in [1.82, 2.24) is 15.3 Å². The molecule has 2 heterocycles. The predicted octanol–water partition coefficient (Wildman–Crippen LogP) is 3.61. The summed E-state index contributed by atoms with van der Waals surface area (Å²) in [6.45, 7) is 3.34. The Morgan fingerprint density at radius 1 is 1.48 bits per heavy atom. The van der Waals surface area contributed by atoms with E-state index in [2.05, 4.69) is 31.2 Å². The van der Waals surface area contributed by atoms with E-state index in [0.29, 0.717) is 22.2 Å². The predicted molar refractivity (Wildman–Crippen MR) is 90.8 cm³/mol. The van der Waals surface area contributed by atoms with Crippen LogP contribution in [0, 0.1) is 17.3 Å². The van der Waals surface area contributed by atoms with Gasteiger partial charge in [-0.3, -0.25) is 0 Å². The SMILES string of the molecule is CC1(NC#N)CCCN(c2nc(Cl)nc3c(F)c(Br)ccc23)C1. The molecule has 5 nitrogen and oxygen atoms in total. The summed E-state index contributed by atoms with van der Waals surface area (Å²) in [5.74, 6) is 0.139. The molecule has 3 rings (SSSR count). The van der Waals surface area contributed by atoms with Crippen LogP contribution in [-0.2, 0) is 0 Å². The van der Waals surface area contributed by atoms with Crippen LogP contribution in [0.25, 0.3) is 10.9 Å². The number of aromatic nitrogens is 2. The molecule has 120 valence electrons. The first-order valence-electron chi connectivity index (χ1n) is 7.16. The molecular formula is C15H14BrClFN5. The van der Waals surface area contributed by atoms with Crippen molar-refractivity contribution < 1.29 is 4.39 Å². The summed E-state index contributed by atoms with van der Waals surface area (Å²) >= 11 is 9.16. The number of nitrogens with zero attached hydrogens (tertiary/aromatic N) is 4. The molecule has 1 aliphatic rings. The summed E-state index contributed by atoms with van der Waals surface area (Å²) in [6.07, 6.45) is 3.79. The second kappa shape index (κ2) is 6.10. The molecule has 1 aromatic heterocycles. The highest BCUT2D eigenvalue weighted by Crippen LogP contribution is 2.33. The van der Waals surface area contributed by atoms with Crippen LogP contribution in [0.5, 0.6) is 0 Å². The maximum Gasteiger partial charge on any atom is 0.225 e. The number of nitriles is 1. The Kier molecular flexibility index (Phi) is 4.30. The van der Waals surface area contributed by atoms with Gasteiger partial charge in [0.1, 0.15) is 11.3 Å². The second-order valence-electron chi connectivity index (χ2n) is 5.90. The van der Waals surface area contributed by atoms with E-state index < -0.39 is 5.82 Å². The molecule has 23 heavy (non-hydrogen) atoms. The van der Waals surface area contributed by atoms with Gasteiger partial charge in [-0.1, -0.05) is 0 Å². The highest BCUT2D eigenvalue weighted by molar-refractivity contribution is 9.10. The van der Waals surface area contributed by atoms with E-state index in [-0.39, 0.29) is 16.3 Å². The number of hydrogen-bond acceptors (Lipinski definition) is 5. The van der Waals surface area contributed by atoms with Gasteiger partial charge in [-0.2, -0.15) is 10.2 Å². The quantitative estimate of drug-likeness (QED) is 0.475. The fourth-order valence-corrected chi connectivity index (χ4v) is 3.48. The van der Waals surface area contributed by atoms with Crippen LogP contribution < -0.4 is 10.2 Å². The molecular weight excluding hydrogens is 385 g/mol. The number of fused-ring (bicyclic) bond motifs is 1. The fraction of sp³-hybridized carbons (Fsp3) is 0.400. The van der Waals surface area contributed by atoms with Crippen molar-refractivity contribution in [3.05, 3.63) is 27.7 Å². The van der Waals surface area contributed by atoms with Gasteiger partial charge in [0.25, 0.3) is 0 Å². The van der Waals surface area contributed by atoms with E-state index in [1.807, 2.05) is 18.0 Å². The lowest BCUT2D eigenvalue weighted by Gasteiger charge is -2.40. The zero-order valence-corrected chi connectivity index (χ0v) is 14.7. The minimum atomic E-state index is -0.456. The first-order valence-corrected chi connectivity index (χ1v) is 8.33. The summed E-state index contributed by atoms with van der Waals surface area (Å²) in [7, 11) is 0. The van der Waals surface area contributed by atoms with Crippen molar-refractivity contribution in [2.45, 2.75) is 25.3 Å². The van der Waals surface area contributed by atoms with E-state index in [1.54, 1.807) is 12.1 Å². The van der Waals surface area contributed by atoms with Crippen molar-refractivity contribution >= 4 is 44.3 Å². The molecule has 1 fully saturated rings. The molecule has 1 unspecified atom stereocenters. The minimum Gasteiger partial charge on any atom is -0.354 e. The number of nitrogens with one attached hydrogen (secondary N) is 1. The van der Waals surface area contributed by atoms with E-state index in [9.17, 15) is 4.39 Å². The van der Waals surface area contributed by atoms with Gasteiger partial charge in [-0.25, -0.2) is 9.37 Å². The van der Waals surface area contributed by atoms with E-state index in [0.717, 1.165) is 19.4 Å². The van der Waals surface area contributed by atoms with Gasteiger partial charge < -0.3 is 10.2 Å². The van der Waals surface area contributed by atoms with Crippen LogP contribution in [0.4, 0.5) is 10.2 Å². The second-order valence-corrected chi connectivity index (χ2v) is 7.09. The molecule has 0 radical (unpaired) electrons. The Morgan fingerprint density at radius 2 is 2.26 bits per heavy atom. The molecule has 2 aromatic rings. The van der Waals surface area contributed by atoms with Gasteiger partial charge in [-0.15, -0.1) is 0 Å². The fourth-order valence-electron chi connectivity index (χ4n) is 2.99. The smallest absolute Gasteiger partial charge is 0.225 e. The highest BCUT2D eigenvalue weighted by atomic mass is 79.9. The Hall–Kier alpha value is -1.65. The van der Waals surface area contributed by atoms with E-state index in [4.69, 9.17) is 16.9 Å². The molecule has 0 amide bonds. The summed E-state index contributed by atoms with van der Waals surface area (Å²) in [4.78, 5) is 10.4. The molecule has 1 aromatic carbocycles. The first kappa shape index (κ1) is 16.2. The van der Waals surface area contributed by atoms with Gasteiger partial charge in [0.05, 0.1) is 10.0 Å². The van der Waals surface area contributed by atoms with Crippen LogP contribution >= 0.6 is 27.5 Å². The van der Waals surface area contributed by atoms with Gasteiger partial charge in [0.15, 0.2) is 12.0 Å². The van der Waals surface area contributed by atoms with Crippen molar-refractivity contribution in [3.8, 4) is 6.19 Å².